The standard InChI is InChI=1S/C21H23N/c1-22-15-17-8-3-5-11-19(17)21(13-14-21)20-12-6-9-16-7-2-4-10-18(16)20/h2-3,5-9,11-12,22H,4,10,13-15H2,1H3. The molecule has 0 aromatic heterocycles. The highest BCUT2D eigenvalue weighted by Gasteiger charge is 2.48. The molecule has 0 heterocycles. The van der Waals surface area contributed by atoms with E-state index in [1.807, 2.05) is 7.05 Å². The molecule has 0 bridgehead atoms. The largest absolute Gasteiger partial charge is 0.316 e. The molecule has 0 unspecified atom stereocenters. The summed E-state index contributed by atoms with van der Waals surface area (Å²) in [5.41, 5.74) is 7.85. The molecule has 1 fully saturated rings. The van der Waals surface area contributed by atoms with Gasteiger partial charge in [-0.1, -0.05) is 54.6 Å². The summed E-state index contributed by atoms with van der Waals surface area (Å²) in [6, 6.07) is 15.9. The van der Waals surface area contributed by atoms with Crippen LogP contribution in [0.4, 0.5) is 0 Å². The van der Waals surface area contributed by atoms with Crippen LogP contribution in [0.3, 0.4) is 0 Å². The van der Waals surface area contributed by atoms with Crippen LogP contribution >= 0.6 is 0 Å². The van der Waals surface area contributed by atoms with E-state index >= 15 is 0 Å². The van der Waals surface area contributed by atoms with Gasteiger partial charge in [-0.3, -0.25) is 0 Å². The van der Waals surface area contributed by atoms with E-state index in [0.717, 1.165) is 6.54 Å². The molecular weight excluding hydrogens is 266 g/mol. The molecule has 0 atom stereocenters. The molecule has 0 saturated heterocycles. The topological polar surface area (TPSA) is 12.0 Å². The van der Waals surface area contributed by atoms with E-state index in [1.165, 1.54) is 42.4 Å². The molecule has 1 N–H and O–H groups in total. The third-order valence-corrected chi connectivity index (χ3v) is 5.24. The van der Waals surface area contributed by atoms with E-state index in [9.17, 15) is 0 Å². The maximum atomic E-state index is 3.33. The minimum absolute atomic E-state index is 0.268. The average molecular weight is 289 g/mol. The zero-order chi connectivity index (χ0) is 15.0. The van der Waals surface area contributed by atoms with Crippen molar-refractivity contribution in [1.29, 1.82) is 0 Å². The van der Waals surface area contributed by atoms with Crippen molar-refractivity contribution >= 4 is 6.08 Å². The summed E-state index contributed by atoms with van der Waals surface area (Å²) in [5, 5.41) is 3.33. The smallest absolute Gasteiger partial charge is 0.0210 e. The van der Waals surface area contributed by atoms with E-state index in [0.29, 0.717) is 0 Å². The van der Waals surface area contributed by atoms with Gasteiger partial charge in [0.2, 0.25) is 0 Å². The number of nitrogens with one attached hydrogen (secondary N) is 1. The summed E-state index contributed by atoms with van der Waals surface area (Å²) < 4.78 is 0. The van der Waals surface area contributed by atoms with Gasteiger partial charge in [0.1, 0.15) is 0 Å². The fourth-order valence-electron chi connectivity index (χ4n) is 4.07. The van der Waals surface area contributed by atoms with Gasteiger partial charge in [-0.05, 0) is 60.5 Å². The van der Waals surface area contributed by atoms with Crippen LogP contribution in [0.15, 0.2) is 48.5 Å². The number of hydrogen-bond donors (Lipinski definition) is 1. The first kappa shape index (κ1) is 13.8. The number of hydrogen-bond acceptors (Lipinski definition) is 1. The Balaban J connectivity index is 1.85. The molecule has 1 heteroatoms. The third kappa shape index (κ3) is 2.12. The molecule has 2 aromatic carbocycles. The molecule has 2 aliphatic rings. The van der Waals surface area contributed by atoms with Gasteiger partial charge in [-0.2, -0.15) is 0 Å². The van der Waals surface area contributed by atoms with Crippen molar-refractivity contribution in [2.75, 3.05) is 7.05 Å². The Bertz CT molecular complexity index is 722. The highest BCUT2D eigenvalue weighted by atomic mass is 14.8. The van der Waals surface area contributed by atoms with Crippen LogP contribution in [0.1, 0.15) is 47.1 Å². The average Bonchev–Trinajstić information content (AvgIpc) is 3.37. The molecule has 2 aromatic rings. The van der Waals surface area contributed by atoms with Gasteiger partial charge >= 0.3 is 0 Å². The summed E-state index contributed by atoms with van der Waals surface area (Å²) in [7, 11) is 2.03. The molecule has 0 spiro atoms. The molecule has 4 rings (SSSR count). The van der Waals surface area contributed by atoms with E-state index in [1.54, 1.807) is 11.1 Å². The van der Waals surface area contributed by atoms with E-state index in [4.69, 9.17) is 0 Å². The lowest BCUT2D eigenvalue weighted by Gasteiger charge is -2.25. The van der Waals surface area contributed by atoms with E-state index in [-0.39, 0.29) is 5.41 Å². The van der Waals surface area contributed by atoms with Gasteiger partial charge in [0.25, 0.3) is 0 Å². The highest BCUT2D eigenvalue weighted by molar-refractivity contribution is 5.62. The first-order chi connectivity index (χ1) is 10.8. The van der Waals surface area contributed by atoms with Gasteiger partial charge in [0.15, 0.2) is 0 Å². The minimum Gasteiger partial charge on any atom is -0.316 e. The van der Waals surface area contributed by atoms with E-state index < -0.39 is 0 Å². The molecule has 112 valence electrons. The maximum Gasteiger partial charge on any atom is 0.0210 e. The summed E-state index contributed by atoms with van der Waals surface area (Å²) in [6.45, 7) is 0.951. The summed E-state index contributed by atoms with van der Waals surface area (Å²) >= 11 is 0. The van der Waals surface area contributed by atoms with Crippen LogP contribution in [0.25, 0.3) is 6.08 Å². The number of allylic oxidation sites excluding steroid dienone is 1. The summed E-state index contributed by atoms with van der Waals surface area (Å²) in [6.07, 6.45) is 9.55. The third-order valence-electron chi connectivity index (χ3n) is 5.24. The Morgan fingerprint density at radius 3 is 2.64 bits per heavy atom. The minimum atomic E-state index is 0.268. The van der Waals surface area contributed by atoms with Gasteiger partial charge in [0, 0.05) is 12.0 Å². The number of rotatable bonds is 4. The van der Waals surface area contributed by atoms with Crippen molar-refractivity contribution < 1.29 is 0 Å². The quantitative estimate of drug-likeness (QED) is 0.877. The monoisotopic (exact) mass is 289 g/mol. The summed E-state index contributed by atoms with van der Waals surface area (Å²) in [5.74, 6) is 0. The molecule has 22 heavy (non-hydrogen) atoms. The van der Waals surface area contributed by atoms with Crippen LogP contribution < -0.4 is 5.32 Å². The van der Waals surface area contributed by atoms with Crippen molar-refractivity contribution in [2.45, 2.75) is 37.6 Å². The van der Waals surface area contributed by atoms with Crippen LogP contribution in [-0.4, -0.2) is 7.05 Å². The van der Waals surface area contributed by atoms with Crippen LogP contribution in [0, 0.1) is 0 Å². The van der Waals surface area contributed by atoms with Gasteiger partial charge in [-0.15, -0.1) is 0 Å². The van der Waals surface area contributed by atoms with Crippen LogP contribution in [-0.2, 0) is 18.4 Å². The van der Waals surface area contributed by atoms with Gasteiger partial charge < -0.3 is 5.32 Å². The Morgan fingerprint density at radius 1 is 1.00 bits per heavy atom. The summed E-state index contributed by atoms with van der Waals surface area (Å²) in [4.78, 5) is 0. The second kappa shape index (κ2) is 5.40. The predicted octanol–water partition coefficient (Wildman–Crippen LogP) is 4.45. The second-order valence-electron chi connectivity index (χ2n) is 6.58. The molecule has 2 aliphatic carbocycles. The molecule has 1 saturated carbocycles. The zero-order valence-corrected chi connectivity index (χ0v) is 13.2. The first-order valence-electron chi connectivity index (χ1n) is 8.37. The Kier molecular flexibility index (Phi) is 3.38. The maximum absolute atomic E-state index is 3.33. The van der Waals surface area contributed by atoms with Gasteiger partial charge in [-0.25, -0.2) is 0 Å². The van der Waals surface area contributed by atoms with Crippen molar-refractivity contribution in [2.24, 2.45) is 0 Å². The zero-order valence-electron chi connectivity index (χ0n) is 13.2. The Hall–Kier alpha value is -1.86. The second-order valence-corrected chi connectivity index (χ2v) is 6.58. The van der Waals surface area contributed by atoms with Crippen molar-refractivity contribution in [1.82, 2.24) is 5.32 Å². The SMILES string of the molecule is CNCc1ccccc1C1(c2cccc3c2CCC=C3)CC1. The number of fused-ring (bicyclic) bond motifs is 1. The Labute approximate surface area is 133 Å². The molecule has 0 radical (unpaired) electrons. The van der Waals surface area contributed by atoms with Crippen LogP contribution in [0.2, 0.25) is 0 Å². The van der Waals surface area contributed by atoms with Gasteiger partial charge in [0.05, 0.1) is 0 Å². The first-order valence-corrected chi connectivity index (χ1v) is 8.37. The van der Waals surface area contributed by atoms with Crippen molar-refractivity contribution in [3.05, 3.63) is 76.4 Å². The fourth-order valence-corrected chi connectivity index (χ4v) is 4.07. The molecule has 0 amide bonds. The lowest BCUT2D eigenvalue weighted by Crippen LogP contribution is -2.18. The normalized spacial score (nSPS) is 18.0. The molecular formula is C21H23N. The molecule has 0 aliphatic heterocycles. The lowest BCUT2D eigenvalue weighted by molar-refractivity contribution is 0.757. The van der Waals surface area contributed by atoms with Crippen molar-refractivity contribution in [3.63, 3.8) is 0 Å². The van der Waals surface area contributed by atoms with Crippen LogP contribution in [0.5, 0.6) is 0 Å². The lowest BCUT2D eigenvalue weighted by atomic mass is 9.79. The highest BCUT2D eigenvalue weighted by Crippen LogP contribution is 2.56. The predicted molar refractivity (Wildman–Crippen MR) is 93.0 cm³/mol. The Morgan fingerprint density at radius 2 is 1.82 bits per heavy atom. The number of benzene rings is 2. The fraction of sp³-hybridized carbons (Fsp3) is 0.333. The van der Waals surface area contributed by atoms with E-state index in [2.05, 4.69) is 59.9 Å². The van der Waals surface area contributed by atoms with Crippen molar-refractivity contribution in [3.8, 4) is 0 Å². The molecule has 1 nitrogen and oxygen atoms in total.